The quantitative estimate of drug-likeness (QED) is 0.550. The molecular weight excluding hydrogens is 324 g/mol. The van der Waals surface area contributed by atoms with Crippen molar-refractivity contribution in [2.45, 2.75) is 39.7 Å². The third kappa shape index (κ3) is 2.90. The van der Waals surface area contributed by atoms with E-state index in [9.17, 15) is 4.79 Å². The first-order chi connectivity index (χ1) is 12.5. The highest BCUT2D eigenvalue weighted by atomic mass is 16.5. The van der Waals surface area contributed by atoms with Gasteiger partial charge in [-0.2, -0.15) is 0 Å². The number of benzene rings is 2. The Balaban J connectivity index is 1.51. The van der Waals surface area contributed by atoms with Crippen LogP contribution < -0.4 is 9.47 Å². The Labute approximate surface area is 155 Å². The van der Waals surface area contributed by atoms with Crippen LogP contribution in [0.5, 0.6) is 11.5 Å². The second-order valence-electron chi connectivity index (χ2n) is 8.31. The number of fused-ring (bicyclic) bond motifs is 2. The maximum absolute atomic E-state index is 12.6. The predicted molar refractivity (Wildman–Crippen MR) is 101 cm³/mol. The van der Waals surface area contributed by atoms with Crippen molar-refractivity contribution in [3.63, 3.8) is 0 Å². The zero-order valence-corrected chi connectivity index (χ0v) is 15.6. The van der Waals surface area contributed by atoms with Gasteiger partial charge in [0.1, 0.15) is 23.2 Å². The van der Waals surface area contributed by atoms with E-state index in [4.69, 9.17) is 9.47 Å². The van der Waals surface area contributed by atoms with E-state index in [1.54, 1.807) is 18.2 Å². The number of esters is 1. The van der Waals surface area contributed by atoms with E-state index in [1.165, 1.54) is 6.42 Å². The molecular formula is C23H26O3. The van der Waals surface area contributed by atoms with E-state index in [0.717, 1.165) is 12.3 Å². The highest BCUT2D eigenvalue weighted by Gasteiger charge is 2.57. The number of hydrogen-bond donors (Lipinski definition) is 0. The molecule has 136 valence electrons. The van der Waals surface area contributed by atoms with Crippen LogP contribution in [0.2, 0.25) is 0 Å². The zero-order chi connectivity index (χ0) is 18.3. The summed E-state index contributed by atoms with van der Waals surface area (Å²) < 4.78 is 11.9. The third-order valence-electron chi connectivity index (χ3n) is 6.62. The molecule has 0 saturated heterocycles. The van der Waals surface area contributed by atoms with E-state index in [2.05, 4.69) is 20.8 Å². The summed E-state index contributed by atoms with van der Waals surface area (Å²) in [5.41, 5.74) is 0.910. The van der Waals surface area contributed by atoms with Crippen LogP contribution in [0, 0.1) is 23.2 Å². The molecule has 3 saturated carbocycles. The summed E-state index contributed by atoms with van der Waals surface area (Å²) in [6, 6.07) is 16.6. The Morgan fingerprint density at radius 1 is 1.00 bits per heavy atom. The molecule has 26 heavy (non-hydrogen) atoms. The van der Waals surface area contributed by atoms with Gasteiger partial charge in [-0.15, -0.1) is 0 Å². The van der Waals surface area contributed by atoms with Crippen molar-refractivity contribution in [1.29, 1.82) is 0 Å². The Morgan fingerprint density at radius 3 is 2.38 bits per heavy atom. The molecule has 3 fully saturated rings. The Bertz CT molecular complexity index is 796. The van der Waals surface area contributed by atoms with Gasteiger partial charge in [0, 0.05) is 0 Å². The van der Waals surface area contributed by atoms with Crippen molar-refractivity contribution in [1.82, 2.24) is 0 Å². The number of carbonyl (C=O) groups excluding carboxylic acids is 1. The number of para-hydroxylation sites is 2. The van der Waals surface area contributed by atoms with Gasteiger partial charge in [0.05, 0.1) is 0 Å². The van der Waals surface area contributed by atoms with Gasteiger partial charge in [0.15, 0.2) is 0 Å². The Hall–Kier alpha value is -2.29. The molecule has 5 rings (SSSR count). The first kappa shape index (κ1) is 17.1. The van der Waals surface area contributed by atoms with Gasteiger partial charge in [0.25, 0.3) is 0 Å². The normalized spacial score (nSPS) is 28.7. The lowest BCUT2D eigenvalue weighted by Gasteiger charge is -2.61. The summed E-state index contributed by atoms with van der Waals surface area (Å²) in [6.45, 7) is 7.05. The zero-order valence-electron chi connectivity index (χ0n) is 15.6. The molecule has 0 N–H and O–H groups in total. The van der Waals surface area contributed by atoms with Gasteiger partial charge in [-0.3, -0.25) is 0 Å². The summed E-state index contributed by atoms with van der Waals surface area (Å²) in [5, 5.41) is 0. The largest absolute Gasteiger partial charge is 0.489 e. The highest BCUT2D eigenvalue weighted by molar-refractivity contribution is 5.94. The number of carbonyl (C=O) groups is 1. The lowest BCUT2D eigenvalue weighted by molar-refractivity contribution is -0.147. The highest BCUT2D eigenvalue weighted by Crippen LogP contribution is 2.61. The topological polar surface area (TPSA) is 35.5 Å². The first-order valence-electron chi connectivity index (χ1n) is 9.49. The number of rotatable bonds is 4. The van der Waals surface area contributed by atoms with Crippen molar-refractivity contribution < 1.29 is 14.3 Å². The predicted octanol–water partition coefficient (Wildman–Crippen LogP) is 5.36. The van der Waals surface area contributed by atoms with Crippen LogP contribution in [0.25, 0.3) is 0 Å². The van der Waals surface area contributed by atoms with E-state index >= 15 is 0 Å². The van der Waals surface area contributed by atoms with E-state index in [1.807, 2.05) is 36.4 Å². The van der Waals surface area contributed by atoms with Gasteiger partial charge in [-0.25, -0.2) is 4.79 Å². The van der Waals surface area contributed by atoms with Crippen LogP contribution in [-0.2, 0) is 0 Å². The summed E-state index contributed by atoms with van der Waals surface area (Å²) in [4.78, 5) is 12.6. The molecule has 3 aliphatic rings. The maximum atomic E-state index is 12.6. The molecule has 0 radical (unpaired) electrons. The number of hydrogen-bond acceptors (Lipinski definition) is 3. The van der Waals surface area contributed by atoms with Crippen LogP contribution in [0.15, 0.2) is 54.6 Å². The average Bonchev–Trinajstić information content (AvgIpc) is 2.64. The van der Waals surface area contributed by atoms with Gasteiger partial charge < -0.3 is 9.47 Å². The molecule has 0 aliphatic heterocycles. The maximum Gasteiger partial charge on any atom is 0.347 e. The molecule has 2 bridgehead atoms. The lowest BCUT2D eigenvalue weighted by atomic mass is 9.45. The third-order valence-corrected chi connectivity index (χ3v) is 6.62. The average molecular weight is 350 g/mol. The summed E-state index contributed by atoms with van der Waals surface area (Å²) >= 11 is 0. The second kappa shape index (κ2) is 6.46. The SMILES string of the molecule is C[C@@H]1[C@H](Oc2ccccc2C(=O)Oc2ccccc2)C[C@H]2C[C@@H]1C2(C)C. The summed E-state index contributed by atoms with van der Waals surface area (Å²) in [7, 11) is 0. The second-order valence-corrected chi connectivity index (χ2v) is 8.31. The molecule has 3 aliphatic carbocycles. The fourth-order valence-electron chi connectivity index (χ4n) is 4.81. The minimum atomic E-state index is -0.374. The lowest BCUT2D eigenvalue weighted by Crippen LogP contribution is -2.58. The molecule has 0 heterocycles. The monoisotopic (exact) mass is 350 g/mol. The van der Waals surface area contributed by atoms with Gasteiger partial charge in [-0.05, 0) is 60.3 Å². The van der Waals surface area contributed by atoms with Crippen LogP contribution in [-0.4, -0.2) is 12.1 Å². The standard InChI is InChI=1S/C23H26O3/c1-15-19-13-16(23(19,2)3)14-21(15)26-20-12-8-7-11-18(20)22(24)25-17-9-5-4-6-10-17/h4-12,15-16,19,21H,13-14H2,1-3H3/t15-,16+,19-,21+/m0/s1. The van der Waals surface area contributed by atoms with E-state index in [0.29, 0.717) is 34.3 Å². The molecule has 0 unspecified atom stereocenters. The molecule has 4 atom stereocenters. The van der Waals surface area contributed by atoms with Crippen LogP contribution in [0.4, 0.5) is 0 Å². The summed E-state index contributed by atoms with van der Waals surface area (Å²) in [5.74, 6) is 2.71. The van der Waals surface area contributed by atoms with Crippen LogP contribution in [0.1, 0.15) is 44.0 Å². The summed E-state index contributed by atoms with van der Waals surface area (Å²) in [6.07, 6.45) is 2.54. The molecule has 2 aromatic rings. The van der Waals surface area contributed by atoms with E-state index < -0.39 is 0 Å². The molecule has 3 heteroatoms. The molecule has 3 nitrogen and oxygen atoms in total. The first-order valence-corrected chi connectivity index (χ1v) is 9.49. The number of ether oxygens (including phenoxy) is 2. The van der Waals surface area contributed by atoms with Crippen molar-refractivity contribution in [2.24, 2.45) is 23.2 Å². The minimum absolute atomic E-state index is 0.164. The van der Waals surface area contributed by atoms with Crippen molar-refractivity contribution in [3.8, 4) is 11.5 Å². The smallest absolute Gasteiger partial charge is 0.347 e. The molecule has 0 spiro atoms. The molecule has 0 amide bonds. The van der Waals surface area contributed by atoms with Crippen LogP contribution >= 0.6 is 0 Å². The van der Waals surface area contributed by atoms with E-state index in [-0.39, 0.29) is 12.1 Å². The minimum Gasteiger partial charge on any atom is -0.489 e. The van der Waals surface area contributed by atoms with Gasteiger partial charge in [0.2, 0.25) is 0 Å². The Morgan fingerprint density at radius 2 is 1.69 bits per heavy atom. The van der Waals surface area contributed by atoms with Crippen LogP contribution in [0.3, 0.4) is 0 Å². The fraction of sp³-hybridized carbons (Fsp3) is 0.435. The van der Waals surface area contributed by atoms with Gasteiger partial charge >= 0.3 is 5.97 Å². The van der Waals surface area contributed by atoms with Crippen molar-refractivity contribution in [3.05, 3.63) is 60.2 Å². The fourth-order valence-corrected chi connectivity index (χ4v) is 4.81. The van der Waals surface area contributed by atoms with Crippen molar-refractivity contribution in [2.75, 3.05) is 0 Å². The van der Waals surface area contributed by atoms with Crippen molar-refractivity contribution >= 4 is 5.97 Å². The molecule has 2 aromatic carbocycles. The molecule has 0 aromatic heterocycles. The Kier molecular flexibility index (Phi) is 4.26. The van der Waals surface area contributed by atoms with Gasteiger partial charge in [-0.1, -0.05) is 51.1 Å².